The molecule has 0 aliphatic carbocycles. The average molecular weight is 339 g/mol. The Labute approximate surface area is 146 Å². The molecular weight excluding hydrogens is 318 g/mol. The van der Waals surface area contributed by atoms with Crippen LogP contribution in [0.1, 0.15) is 5.56 Å². The Kier molecular flexibility index (Phi) is 4.93. The average Bonchev–Trinajstić information content (AvgIpc) is 2.64. The number of fused-ring (bicyclic) bond motifs is 1. The Morgan fingerprint density at radius 1 is 0.960 bits per heavy atom. The highest BCUT2D eigenvalue weighted by Gasteiger charge is 2.11. The maximum absolute atomic E-state index is 12.5. The van der Waals surface area contributed by atoms with E-state index in [2.05, 4.69) is 0 Å². The molecule has 3 aromatic rings. The van der Waals surface area contributed by atoms with Crippen molar-refractivity contribution >= 4 is 10.9 Å². The molecule has 0 saturated heterocycles. The number of hydrogen-bond acceptors (Lipinski definition) is 4. The monoisotopic (exact) mass is 339 g/mol. The van der Waals surface area contributed by atoms with Gasteiger partial charge in [-0.2, -0.15) is 0 Å². The summed E-state index contributed by atoms with van der Waals surface area (Å²) in [5.41, 5.74) is 1.67. The molecule has 0 aliphatic heterocycles. The number of methoxy groups -OCH3 is 2. The second-order valence-corrected chi connectivity index (χ2v) is 5.70. The summed E-state index contributed by atoms with van der Waals surface area (Å²) in [6.45, 7) is 2.74. The second-order valence-electron chi connectivity index (χ2n) is 5.70. The third-order valence-corrected chi connectivity index (χ3v) is 4.16. The first kappa shape index (κ1) is 16.9. The second kappa shape index (κ2) is 7.30. The van der Waals surface area contributed by atoms with Crippen molar-refractivity contribution in [1.29, 1.82) is 0 Å². The molecule has 1 aromatic heterocycles. The normalized spacial score (nSPS) is 10.7. The number of benzene rings is 2. The highest BCUT2D eigenvalue weighted by atomic mass is 16.5. The number of nitrogens with zero attached hydrogens (tertiary/aromatic N) is 1. The highest BCUT2D eigenvalue weighted by molar-refractivity contribution is 5.87. The number of ether oxygens (including phenoxy) is 3. The zero-order valence-electron chi connectivity index (χ0n) is 14.6. The Morgan fingerprint density at radius 3 is 2.36 bits per heavy atom. The number of hydrogen-bond donors (Lipinski definition) is 0. The molecule has 5 heteroatoms. The maximum Gasteiger partial charge on any atom is 0.251 e. The molecule has 0 spiro atoms. The predicted molar refractivity (Wildman–Crippen MR) is 98.0 cm³/mol. The molecule has 5 nitrogen and oxygen atoms in total. The molecule has 0 amide bonds. The topological polar surface area (TPSA) is 49.7 Å². The zero-order valence-corrected chi connectivity index (χ0v) is 14.6. The van der Waals surface area contributed by atoms with Crippen LogP contribution < -0.4 is 19.8 Å². The van der Waals surface area contributed by atoms with Gasteiger partial charge in [0, 0.05) is 11.5 Å². The van der Waals surface area contributed by atoms with E-state index >= 15 is 0 Å². The summed E-state index contributed by atoms with van der Waals surface area (Å²) >= 11 is 0. The van der Waals surface area contributed by atoms with Crippen molar-refractivity contribution in [2.45, 2.75) is 13.5 Å². The van der Waals surface area contributed by atoms with Crippen LogP contribution in [0.2, 0.25) is 0 Å². The number of pyridine rings is 1. The van der Waals surface area contributed by atoms with Crippen molar-refractivity contribution in [3.63, 3.8) is 0 Å². The van der Waals surface area contributed by atoms with Crippen LogP contribution in [0.3, 0.4) is 0 Å². The van der Waals surface area contributed by atoms with Crippen molar-refractivity contribution in [2.75, 3.05) is 20.8 Å². The Morgan fingerprint density at radius 2 is 1.68 bits per heavy atom. The maximum atomic E-state index is 12.5. The molecule has 0 atom stereocenters. The van der Waals surface area contributed by atoms with Gasteiger partial charge in [0.25, 0.3) is 5.56 Å². The van der Waals surface area contributed by atoms with Crippen LogP contribution in [0.5, 0.6) is 17.2 Å². The smallest absolute Gasteiger partial charge is 0.251 e. The first-order valence-corrected chi connectivity index (χ1v) is 8.08. The van der Waals surface area contributed by atoms with Gasteiger partial charge in [0.15, 0.2) is 0 Å². The molecule has 0 unspecified atom stereocenters. The third kappa shape index (κ3) is 3.45. The van der Waals surface area contributed by atoms with E-state index in [-0.39, 0.29) is 5.56 Å². The van der Waals surface area contributed by atoms with Gasteiger partial charge in [-0.15, -0.1) is 0 Å². The van der Waals surface area contributed by atoms with Crippen molar-refractivity contribution in [3.8, 4) is 17.2 Å². The standard InChI is InChI=1S/C20H21NO4/c1-14-13-19(22)21(20-17(14)5-4-6-18(20)24-3)11-12-25-16-9-7-15(23-2)8-10-16/h4-10,13H,11-12H2,1-3H3. The minimum atomic E-state index is -0.0622. The van der Waals surface area contributed by atoms with Gasteiger partial charge in [0.2, 0.25) is 0 Å². The molecule has 0 radical (unpaired) electrons. The van der Waals surface area contributed by atoms with E-state index in [1.54, 1.807) is 24.9 Å². The van der Waals surface area contributed by atoms with Gasteiger partial charge in [-0.25, -0.2) is 0 Å². The van der Waals surface area contributed by atoms with E-state index in [4.69, 9.17) is 14.2 Å². The van der Waals surface area contributed by atoms with Gasteiger partial charge in [0.05, 0.1) is 26.3 Å². The first-order chi connectivity index (χ1) is 12.1. The van der Waals surface area contributed by atoms with Gasteiger partial charge >= 0.3 is 0 Å². The number of aryl methyl sites for hydroxylation is 1. The molecule has 2 aromatic carbocycles. The molecule has 0 bridgehead atoms. The summed E-state index contributed by atoms with van der Waals surface area (Å²) in [6.07, 6.45) is 0. The van der Waals surface area contributed by atoms with Crippen LogP contribution in [0.4, 0.5) is 0 Å². The molecule has 1 heterocycles. The first-order valence-electron chi connectivity index (χ1n) is 8.08. The fourth-order valence-corrected chi connectivity index (χ4v) is 2.88. The van der Waals surface area contributed by atoms with Crippen LogP contribution in [0.15, 0.2) is 53.3 Å². The summed E-state index contributed by atoms with van der Waals surface area (Å²) in [6, 6.07) is 14.8. The summed E-state index contributed by atoms with van der Waals surface area (Å²) in [5.74, 6) is 2.19. The van der Waals surface area contributed by atoms with E-state index in [0.29, 0.717) is 18.9 Å². The predicted octanol–water partition coefficient (Wildman–Crippen LogP) is 3.41. The van der Waals surface area contributed by atoms with Crippen LogP contribution in [-0.4, -0.2) is 25.4 Å². The number of para-hydroxylation sites is 1. The van der Waals surface area contributed by atoms with Gasteiger partial charge in [-0.1, -0.05) is 12.1 Å². The van der Waals surface area contributed by atoms with Crippen molar-refractivity contribution in [3.05, 3.63) is 64.4 Å². The molecule has 0 saturated carbocycles. The lowest BCUT2D eigenvalue weighted by Crippen LogP contribution is -2.23. The van der Waals surface area contributed by atoms with Crippen LogP contribution in [-0.2, 0) is 6.54 Å². The van der Waals surface area contributed by atoms with Gasteiger partial charge < -0.3 is 18.8 Å². The lowest BCUT2D eigenvalue weighted by atomic mass is 10.1. The minimum absolute atomic E-state index is 0.0622. The van der Waals surface area contributed by atoms with E-state index in [1.807, 2.05) is 49.4 Å². The fourth-order valence-electron chi connectivity index (χ4n) is 2.88. The van der Waals surface area contributed by atoms with Crippen molar-refractivity contribution < 1.29 is 14.2 Å². The molecule has 3 rings (SSSR count). The Bertz CT molecular complexity index is 929. The highest BCUT2D eigenvalue weighted by Crippen LogP contribution is 2.26. The quantitative estimate of drug-likeness (QED) is 0.691. The van der Waals surface area contributed by atoms with E-state index in [0.717, 1.165) is 28.0 Å². The SMILES string of the molecule is COc1ccc(OCCn2c(=O)cc(C)c3cccc(OC)c32)cc1. The third-order valence-electron chi connectivity index (χ3n) is 4.16. The van der Waals surface area contributed by atoms with Gasteiger partial charge in [-0.3, -0.25) is 4.79 Å². The number of rotatable bonds is 6. The van der Waals surface area contributed by atoms with Gasteiger partial charge in [-0.05, 0) is 42.8 Å². The summed E-state index contributed by atoms with van der Waals surface area (Å²) in [7, 11) is 3.23. The minimum Gasteiger partial charge on any atom is -0.497 e. The molecule has 0 fully saturated rings. The fraction of sp³-hybridized carbons (Fsp3) is 0.250. The van der Waals surface area contributed by atoms with Crippen LogP contribution in [0.25, 0.3) is 10.9 Å². The zero-order chi connectivity index (χ0) is 17.8. The van der Waals surface area contributed by atoms with E-state index in [1.165, 1.54) is 0 Å². The number of aromatic nitrogens is 1. The summed E-state index contributed by atoms with van der Waals surface area (Å²) in [5, 5.41) is 1.00. The van der Waals surface area contributed by atoms with Crippen LogP contribution >= 0.6 is 0 Å². The molecular formula is C20H21NO4. The largest absolute Gasteiger partial charge is 0.497 e. The molecule has 0 aliphatic rings. The summed E-state index contributed by atoms with van der Waals surface area (Å²) in [4.78, 5) is 12.5. The summed E-state index contributed by atoms with van der Waals surface area (Å²) < 4.78 is 18.0. The van der Waals surface area contributed by atoms with E-state index < -0.39 is 0 Å². The van der Waals surface area contributed by atoms with Gasteiger partial charge in [0.1, 0.15) is 23.9 Å². The van der Waals surface area contributed by atoms with Crippen LogP contribution in [0, 0.1) is 6.92 Å². The molecule has 25 heavy (non-hydrogen) atoms. The lowest BCUT2D eigenvalue weighted by Gasteiger charge is -2.15. The molecule has 130 valence electrons. The molecule has 0 N–H and O–H groups in total. The van der Waals surface area contributed by atoms with E-state index in [9.17, 15) is 4.79 Å². The Hall–Kier alpha value is -2.95. The Balaban J connectivity index is 1.86. The lowest BCUT2D eigenvalue weighted by molar-refractivity contribution is 0.297. The van der Waals surface area contributed by atoms with Crippen molar-refractivity contribution in [1.82, 2.24) is 4.57 Å². The van der Waals surface area contributed by atoms with Crippen molar-refractivity contribution in [2.24, 2.45) is 0 Å².